The van der Waals surface area contributed by atoms with E-state index in [0.29, 0.717) is 5.69 Å². The highest BCUT2D eigenvalue weighted by Gasteiger charge is 2.23. The molecule has 0 amide bonds. The van der Waals surface area contributed by atoms with Gasteiger partial charge in [0.25, 0.3) is 0 Å². The van der Waals surface area contributed by atoms with Crippen molar-refractivity contribution in [2.24, 2.45) is 12.2 Å². The molecule has 0 spiro atoms. The molecular weight excluding hydrogens is 274 g/mol. The average Bonchev–Trinajstić information content (AvgIpc) is 2.53. The minimum absolute atomic E-state index is 0.0431. The molecule has 0 atom stereocenters. The van der Waals surface area contributed by atoms with Crippen molar-refractivity contribution >= 4 is 20.9 Å². The molecule has 0 aliphatic heterocycles. The van der Waals surface area contributed by atoms with Crippen LogP contribution in [0.15, 0.2) is 12.1 Å². The van der Waals surface area contributed by atoms with Crippen LogP contribution >= 0.6 is 0 Å². The van der Waals surface area contributed by atoms with Crippen LogP contribution in [0.3, 0.4) is 0 Å². The maximum absolute atomic E-state index is 11.4. The Bertz CT molecular complexity index is 768. The van der Waals surface area contributed by atoms with Crippen molar-refractivity contribution in [2.75, 3.05) is 0 Å². The van der Waals surface area contributed by atoms with E-state index in [1.807, 2.05) is 20.0 Å². The van der Waals surface area contributed by atoms with E-state index in [2.05, 4.69) is 31.9 Å². The summed E-state index contributed by atoms with van der Waals surface area (Å²) < 4.78 is 24.5. The zero-order chi connectivity index (χ0) is 15.3. The highest BCUT2D eigenvalue weighted by atomic mass is 32.2. The molecule has 0 radical (unpaired) electrons. The molecule has 1 heterocycles. The minimum atomic E-state index is -3.60. The van der Waals surface area contributed by atoms with Crippen molar-refractivity contribution < 1.29 is 8.42 Å². The lowest BCUT2D eigenvalue weighted by atomic mass is 9.84. The van der Waals surface area contributed by atoms with Gasteiger partial charge < -0.3 is 0 Å². The summed E-state index contributed by atoms with van der Waals surface area (Å²) in [6.07, 6.45) is 0. The van der Waals surface area contributed by atoms with Gasteiger partial charge in [-0.1, -0.05) is 32.9 Å². The summed E-state index contributed by atoms with van der Waals surface area (Å²) in [5.74, 6) is -0.237. The van der Waals surface area contributed by atoms with Crippen LogP contribution in [0.5, 0.6) is 0 Å². The lowest BCUT2D eigenvalue weighted by Crippen LogP contribution is -2.15. The summed E-state index contributed by atoms with van der Waals surface area (Å²) in [7, 11) is -1.76. The molecule has 0 aliphatic rings. The summed E-state index contributed by atoms with van der Waals surface area (Å²) in [4.78, 5) is 0. The third kappa shape index (κ3) is 2.71. The maximum Gasteiger partial charge on any atom is 0.214 e. The average molecular weight is 295 g/mol. The van der Waals surface area contributed by atoms with Gasteiger partial charge in [0, 0.05) is 12.4 Å². The van der Waals surface area contributed by atoms with Crippen molar-refractivity contribution in [3.8, 4) is 0 Å². The largest absolute Gasteiger partial charge is 0.267 e. The Morgan fingerprint density at radius 1 is 1.30 bits per heavy atom. The minimum Gasteiger partial charge on any atom is -0.267 e. The zero-order valence-electron chi connectivity index (χ0n) is 12.6. The molecule has 6 heteroatoms. The lowest BCUT2D eigenvalue weighted by molar-refractivity contribution is 0.589. The van der Waals surface area contributed by atoms with Crippen molar-refractivity contribution in [3.63, 3.8) is 0 Å². The van der Waals surface area contributed by atoms with Crippen LogP contribution in [0, 0.1) is 6.92 Å². The number of nitrogens with zero attached hydrogens (tertiary/aromatic N) is 2. The Kier molecular flexibility index (Phi) is 3.42. The van der Waals surface area contributed by atoms with E-state index in [9.17, 15) is 8.42 Å². The number of benzene rings is 1. The molecule has 0 saturated carbocycles. The number of fused-ring (bicyclic) bond motifs is 1. The first-order valence-electron chi connectivity index (χ1n) is 6.47. The van der Waals surface area contributed by atoms with Gasteiger partial charge in [0.2, 0.25) is 10.0 Å². The van der Waals surface area contributed by atoms with E-state index in [4.69, 9.17) is 5.14 Å². The smallest absolute Gasteiger partial charge is 0.214 e. The van der Waals surface area contributed by atoms with Gasteiger partial charge in [-0.2, -0.15) is 5.10 Å². The SMILES string of the molecule is Cc1ccc(C(C)(C)C)c2c1c(CS(N)(=O)=O)nn2C. The first-order chi connectivity index (χ1) is 9.00. The Morgan fingerprint density at radius 2 is 1.90 bits per heavy atom. The molecule has 5 nitrogen and oxygen atoms in total. The number of aryl methyl sites for hydroxylation is 2. The molecule has 2 rings (SSSR count). The second-order valence-electron chi connectivity index (χ2n) is 6.28. The van der Waals surface area contributed by atoms with Gasteiger partial charge in [-0.3, -0.25) is 4.68 Å². The first kappa shape index (κ1) is 15.0. The molecule has 1 aromatic carbocycles. The van der Waals surface area contributed by atoms with Crippen LogP contribution in [0.4, 0.5) is 0 Å². The molecule has 0 fully saturated rings. The molecule has 20 heavy (non-hydrogen) atoms. The highest BCUT2D eigenvalue weighted by Crippen LogP contribution is 2.33. The second kappa shape index (κ2) is 4.56. The molecule has 110 valence electrons. The fourth-order valence-corrected chi connectivity index (χ4v) is 3.15. The van der Waals surface area contributed by atoms with Crippen molar-refractivity contribution in [2.45, 2.75) is 38.9 Å². The monoisotopic (exact) mass is 295 g/mol. The van der Waals surface area contributed by atoms with Crippen LogP contribution in [-0.2, 0) is 28.2 Å². The third-order valence-corrected chi connectivity index (χ3v) is 4.09. The molecule has 0 aliphatic carbocycles. The van der Waals surface area contributed by atoms with Crippen molar-refractivity contribution in [1.82, 2.24) is 9.78 Å². The number of aromatic nitrogens is 2. The van der Waals surface area contributed by atoms with Gasteiger partial charge in [0.05, 0.1) is 11.2 Å². The topological polar surface area (TPSA) is 78.0 Å². The molecule has 2 aromatic rings. The fourth-order valence-electron chi connectivity index (χ4n) is 2.57. The molecule has 0 unspecified atom stereocenters. The summed E-state index contributed by atoms with van der Waals surface area (Å²) >= 11 is 0. The number of hydrogen-bond acceptors (Lipinski definition) is 3. The molecule has 0 saturated heterocycles. The zero-order valence-corrected chi connectivity index (χ0v) is 13.4. The summed E-state index contributed by atoms with van der Waals surface area (Å²) in [6, 6.07) is 4.09. The van der Waals surface area contributed by atoms with E-state index < -0.39 is 10.0 Å². The number of rotatable bonds is 2. The van der Waals surface area contributed by atoms with Gasteiger partial charge in [-0.25, -0.2) is 13.6 Å². The number of primary sulfonamides is 1. The van der Waals surface area contributed by atoms with E-state index >= 15 is 0 Å². The van der Waals surface area contributed by atoms with E-state index in [1.165, 1.54) is 0 Å². The van der Waals surface area contributed by atoms with Gasteiger partial charge in [0.15, 0.2) is 0 Å². The Morgan fingerprint density at radius 3 is 2.40 bits per heavy atom. The number of sulfonamides is 1. The quantitative estimate of drug-likeness (QED) is 0.920. The molecule has 2 N–H and O–H groups in total. The van der Waals surface area contributed by atoms with Gasteiger partial charge >= 0.3 is 0 Å². The Hall–Kier alpha value is -1.40. The molecule has 0 bridgehead atoms. The number of hydrogen-bond donors (Lipinski definition) is 1. The van der Waals surface area contributed by atoms with Crippen LogP contribution in [0.25, 0.3) is 10.9 Å². The summed E-state index contributed by atoms with van der Waals surface area (Å²) in [5.41, 5.74) is 3.62. The third-order valence-electron chi connectivity index (χ3n) is 3.42. The van der Waals surface area contributed by atoms with Crippen LogP contribution in [-0.4, -0.2) is 18.2 Å². The standard InChI is InChI=1S/C14H21N3O2S/c1-9-6-7-10(14(2,3)4)13-12(9)11(16-17(13)5)8-20(15,18)19/h6-7H,8H2,1-5H3,(H2,15,18,19). The number of nitrogens with two attached hydrogens (primary N) is 1. The fraction of sp³-hybridized carbons (Fsp3) is 0.500. The highest BCUT2D eigenvalue weighted by molar-refractivity contribution is 7.88. The van der Waals surface area contributed by atoms with Crippen LogP contribution in [0.2, 0.25) is 0 Å². The first-order valence-corrected chi connectivity index (χ1v) is 8.18. The van der Waals surface area contributed by atoms with Crippen molar-refractivity contribution in [3.05, 3.63) is 29.0 Å². The van der Waals surface area contributed by atoms with Gasteiger partial charge in [-0.15, -0.1) is 0 Å². The van der Waals surface area contributed by atoms with E-state index in [1.54, 1.807) is 4.68 Å². The summed E-state index contributed by atoms with van der Waals surface area (Å²) in [6.45, 7) is 8.35. The van der Waals surface area contributed by atoms with Crippen LogP contribution < -0.4 is 5.14 Å². The van der Waals surface area contributed by atoms with Crippen LogP contribution in [0.1, 0.15) is 37.6 Å². The van der Waals surface area contributed by atoms with E-state index in [0.717, 1.165) is 22.0 Å². The Balaban J connectivity index is 2.83. The second-order valence-corrected chi connectivity index (χ2v) is 7.90. The molecule has 1 aromatic heterocycles. The molecular formula is C14H21N3O2S. The van der Waals surface area contributed by atoms with Gasteiger partial charge in [-0.05, 0) is 23.5 Å². The predicted molar refractivity (Wildman–Crippen MR) is 81.0 cm³/mol. The Labute approximate surface area is 119 Å². The van der Waals surface area contributed by atoms with E-state index in [-0.39, 0.29) is 11.2 Å². The predicted octanol–water partition coefficient (Wildman–Crippen LogP) is 1.97. The van der Waals surface area contributed by atoms with Gasteiger partial charge in [0.1, 0.15) is 5.75 Å². The lowest BCUT2D eigenvalue weighted by Gasteiger charge is -2.21. The summed E-state index contributed by atoms with van der Waals surface area (Å²) in [5, 5.41) is 10.4. The normalized spacial score (nSPS) is 13.1. The maximum atomic E-state index is 11.4. The van der Waals surface area contributed by atoms with Crippen molar-refractivity contribution in [1.29, 1.82) is 0 Å².